The predicted molar refractivity (Wildman–Crippen MR) is 53.7 cm³/mol. The molecule has 1 aliphatic rings. The Morgan fingerprint density at radius 3 is 2.69 bits per heavy atom. The smallest absolute Gasteiger partial charge is 0.323 e. The van der Waals surface area contributed by atoms with Crippen molar-refractivity contribution in [3.05, 3.63) is 24.0 Å². The maximum absolute atomic E-state index is 12.0. The summed E-state index contributed by atoms with van der Waals surface area (Å²) in [6.07, 6.45) is 4.51. The molecule has 6 heteroatoms. The van der Waals surface area contributed by atoms with Gasteiger partial charge in [-0.25, -0.2) is 0 Å². The van der Waals surface area contributed by atoms with Gasteiger partial charge in [0, 0.05) is 6.04 Å². The van der Waals surface area contributed by atoms with Gasteiger partial charge >= 0.3 is 5.97 Å². The summed E-state index contributed by atoms with van der Waals surface area (Å²) in [4.78, 5) is 24.0. The first-order valence-electron chi connectivity index (χ1n) is 4.98. The molecule has 0 spiro atoms. The van der Waals surface area contributed by atoms with E-state index in [0.717, 1.165) is 12.8 Å². The van der Waals surface area contributed by atoms with Gasteiger partial charge < -0.3 is 10.0 Å². The molecule has 1 fully saturated rings. The first-order valence-corrected chi connectivity index (χ1v) is 4.98. The minimum absolute atomic E-state index is 0.0664. The van der Waals surface area contributed by atoms with E-state index in [0.29, 0.717) is 5.56 Å². The van der Waals surface area contributed by atoms with Crippen molar-refractivity contribution in [2.75, 3.05) is 6.54 Å². The summed E-state index contributed by atoms with van der Waals surface area (Å²) < 4.78 is 0. The molecule has 1 aliphatic carbocycles. The molecule has 0 unspecified atom stereocenters. The molecule has 1 heterocycles. The van der Waals surface area contributed by atoms with Gasteiger partial charge in [0.1, 0.15) is 6.54 Å². The van der Waals surface area contributed by atoms with E-state index in [1.54, 1.807) is 0 Å². The third-order valence-electron chi connectivity index (χ3n) is 2.39. The zero-order valence-electron chi connectivity index (χ0n) is 8.54. The highest BCUT2D eigenvalue weighted by Gasteiger charge is 2.34. The summed E-state index contributed by atoms with van der Waals surface area (Å²) in [7, 11) is 0. The van der Waals surface area contributed by atoms with E-state index in [2.05, 4.69) is 10.2 Å². The normalized spacial score (nSPS) is 14.5. The number of hydrogen-bond donors (Lipinski definition) is 1. The third kappa shape index (κ3) is 2.33. The second-order valence-electron chi connectivity index (χ2n) is 3.69. The van der Waals surface area contributed by atoms with E-state index >= 15 is 0 Å². The first kappa shape index (κ1) is 10.5. The minimum Gasteiger partial charge on any atom is -0.480 e. The number of nitrogens with zero attached hydrogens (tertiary/aromatic N) is 3. The van der Waals surface area contributed by atoms with E-state index in [1.165, 1.54) is 23.4 Å². The van der Waals surface area contributed by atoms with Crippen LogP contribution in [0.2, 0.25) is 0 Å². The van der Waals surface area contributed by atoms with Crippen LogP contribution < -0.4 is 0 Å². The van der Waals surface area contributed by atoms with Crippen LogP contribution in [0.1, 0.15) is 23.2 Å². The van der Waals surface area contributed by atoms with Gasteiger partial charge in [-0.15, -0.1) is 0 Å². The second kappa shape index (κ2) is 4.26. The molecule has 1 aromatic rings. The number of aliphatic carboxylic acids is 1. The van der Waals surface area contributed by atoms with Crippen molar-refractivity contribution in [3.63, 3.8) is 0 Å². The maximum Gasteiger partial charge on any atom is 0.323 e. The summed E-state index contributed by atoms with van der Waals surface area (Å²) in [5.74, 6) is -1.29. The molecule has 2 rings (SSSR count). The van der Waals surface area contributed by atoms with Gasteiger partial charge in [0.05, 0.1) is 18.0 Å². The van der Waals surface area contributed by atoms with Crippen molar-refractivity contribution in [1.29, 1.82) is 0 Å². The van der Waals surface area contributed by atoms with Crippen molar-refractivity contribution in [3.8, 4) is 0 Å². The van der Waals surface area contributed by atoms with Crippen LogP contribution >= 0.6 is 0 Å². The molecular weight excluding hydrogens is 210 g/mol. The molecule has 0 aromatic carbocycles. The Bertz CT molecular complexity index is 403. The van der Waals surface area contributed by atoms with Crippen LogP contribution in [0.25, 0.3) is 0 Å². The molecule has 1 aromatic heterocycles. The van der Waals surface area contributed by atoms with Gasteiger partial charge in [-0.05, 0) is 18.9 Å². The average Bonchev–Trinajstić information content (AvgIpc) is 3.10. The average molecular weight is 221 g/mol. The number of carbonyl (C=O) groups excluding carboxylic acids is 1. The van der Waals surface area contributed by atoms with E-state index in [-0.39, 0.29) is 18.5 Å². The topological polar surface area (TPSA) is 83.4 Å². The standard InChI is InChI=1S/C10H11N3O3/c14-9(15)6-13(8-1-2-8)10(16)7-3-4-11-12-5-7/h3-5,8H,1-2,6H2,(H,14,15). The molecule has 84 valence electrons. The quantitative estimate of drug-likeness (QED) is 0.783. The molecule has 1 saturated carbocycles. The molecule has 6 nitrogen and oxygen atoms in total. The molecule has 1 amide bonds. The molecule has 0 radical (unpaired) electrons. The van der Waals surface area contributed by atoms with Gasteiger partial charge in [0.25, 0.3) is 5.91 Å². The zero-order chi connectivity index (χ0) is 11.5. The van der Waals surface area contributed by atoms with Crippen LogP contribution in [0.5, 0.6) is 0 Å². The van der Waals surface area contributed by atoms with Crippen LogP contribution in [0.4, 0.5) is 0 Å². The van der Waals surface area contributed by atoms with Crippen LogP contribution in [0.15, 0.2) is 18.5 Å². The summed E-state index contributed by atoms with van der Waals surface area (Å²) in [6.45, 7) is -0.258. The lowest BCUT2D eigenvalue weighted by atomic mass is 10.2. The predicted octanol–water partition coefficient (Wildman–Crippen LogP) is 0.166. The highest BCUT2D eigenvalue weighted by molar-refractivity contribution is 5.95. The van der Waals surface area contributed by atoms with Crippen LogP contribution in [-0.4, -0.2) is 44.7 Å². The molecule has 0 atom stereocenters. The fourth-order valence-electron chi connectivity index (χ4n) is 1.48. The van der Waals surface area contributed by atoms with Crippen LogP contribution in [-0.2, 0) is 4.79 Å². The van der Waals surface area contributed by atoms with Gasteiger partial charge in [0.15, 0.2) is 0 Å². The zero-order valence-corrected chi connectivity index (χ0v) is 8.54. The van der Waals surface area contributed by atoms with Crippen LogP contribution in [0.3, 0.4) is 0 Å². The highest BCUT2D eigenvalue weighted by Crippen LogP contribution is 2.27. The SMILES string of the molecule is O=C(O)CN(C(=O)c1ccnnc1)C1CC1. The number of rotatable bonds is 4. The largest absolute Gasteiger partial charge is 0.480 e. The molecule has 0 aliphatic heterocycles. The van der Waals surface area contributed by atoms with Crippen molar-refractivity contribution in [2.45, 2.75) is 18.9 Å². The first-order chi connectivity index (χ1) is 7.68. The Morgan fingerprint density at radius 1 is 1.44 bits per heavy atom. The highest BCUT2D eigenvalue weighted by atomic mass is 16.4. The Balaban J connectivity index is 2.14. The minimum atomic E-state index is -0.998. The molecular formula is C10H11N3O3. The van der Waals surface area contributed by atoms with Crippen molar-refractivity contribution in [2.24, 2.45) is 0 Å². The van der Waals surface area contributed by atoms with E-state index < -0.39 is 5.97 Å². The molecule has 1 N–H and O–H groups in total. The number of carboxylic acid groups (broad SMARTS) is 1. The molecule has 16 heavy (non-hydrogen) atoms. The maximum atomic E-state index is 12.0. The van der Waals surface area contributed by atoms with E-state index in [1.807, 2.05) is 0 Å². The lowest BCUT2D eigenvalue weighted by Crippen LogP contribution is -2.37. The lowest BCUT2D eigenvalue weighted by molar-refractivity contribution is -0.137. The Hall–Kier alpha value is -1.98. The van der Waals surface area contributed by atoms with Gasteiger partial charge in [0.2, 0.25) is 0 Å². The lowest BCUT2D eigenvalue weighted by Gasteiger charge is -2.19. The summed E-state index contributed by atoms with van der Waals surface area (Å²) in [6, 6.07) is 1.60. The summed E-state index contributed by atoms with van der Waals surface area (Å²) >= 11 is 0. The van der Waals surface area contributed by atoms with Gasteiger partial charge in [-0.1, -0.05) is 0 Å². The number of amides is 1. The van der Waals surface area contributed by atoms with Gasteiger partial charge in [-0.3, -0.25) is 9.59 Å². The third-order valence-corrected chi connectivity index (χ3v) is 2.39. The fourth-order valence-corrected chi connectivity index (χ4v) is 1.48. The van der Waals surface area contributed by atoms with Gasteiger partial charge in [-0.2, -0.15) is 10.2 Å². The van der Waals surface area contributed by atoms with Crippen molar-refractivity contribution < 1.29 is 14.7 Å². The van der Waals surface area contributed by atoms with E-state index in [9.17, 15) is 9.59 Å². The summed E-state index contributed by atoms with van der Waals surface area (Å²) in [5.41, 5.74) is 0.378. The number of hydrogen-bond acceptors (Lipinski definition) is 4. The Labute approximate surface area is 91.9 Å². The number of aromatic nitrogens is 2. The second-order valence-corrected chi connectivity index (χ2v) is 3.69. The van der Waals surface area contributed by atoms with Crippen LogP contribution in [0, 0.1) is 0 Å². The number of carboxylic acids is 1. The monoisotopic (exact) mass is 221 g/mol. The Morgan fingerprint density at radius 2 is 2.19 bits per heavy atom. The van der Waals surface area contributed by atoms with E-state index in [4.69, 9.17) is 5.11 Å². The van der Waals surface area contributed by atoms with Crippen molar-refractivity contribution in [1.82, 2.24) is 15.1 Å². The number of carbonyl (C=O) groups is 2. The fraction of sp³-hybridized carbons (Fsp3) is 0.400. The molecule has 0 bridgehead atoms. The summed E-state index contributed by atoms with van der Waals surface area (Å²) in [5, 5.41) is 15.9. The van der Waals surface area contributed by atoms with Crippen molar-refractivity contribution >= 4 is 11.9 Å². The Kier molecular flexibility index (Phi) is 2.80. The molecule has 0 saturated heterocycles.